The van der Waals surface area contributed by atoms with Crippen LogP contribution in [0.25, 0.3) is 0 Å². The van der Waals surface area contributed by atoms with Gasteiger partial charge in [0.1, 0.15) is 0 Å². The Kier molecular flexibility index (Phi) is 5.42. The zero-order valence-corrected chi connectivity index (χ0v) is 11.2. The van der Waals surface area contributed by atoms with Crippen LogP contribution in [0.15, 0.2) is 0 Å². The Balaban J connectivity index is 2.42. The van der Waals surface area contributed by atoms with Crippen LogP contribution < -0.4 is 5.32 Å². The maximum absolute atomic E-state index is 5.88. The number of hydrogen-bond donors (Lipinski definition) is 1. The fraction of sp³-hybridized carbons (Fsp3) is 1.00. The second-order valence-electron chi connectivity index (χ2n) is 5.90. The van der Waals surface area contributed by atoms with Crippen LogP contribution in [0.1, 0.15) is 59.3 Å². The lowest BCUT2D eigenvalue weighted by molar-refractivity contribution is 0.219. The lowest BCUT2D eigenvalue weighted by Crippen LogP contribution is -2.46. The maximum Gasteiger partial charge on any atom is 0.0238 e. The van der Waals surface area contributed by atoms with Gasteiger partial charge in [0.05, 0.1) is 0 Å². The lowest BCUT2D eigenvalue weighted by atomic mass is 9.83. The Bertz CT molecular complexity index is 168. The van der Waals surface area contributed by atoms with Crippen LogP contribution in [0.3, 0.4) is 0 Å². The Labute approximate surface area is 100.0 Å². The monoisotopic (exact) mass is 231 g/mol. The molecule has 15 heavy (non-hydrogen) atoms. The van der Waals surface area contributed by atoms with Gasteiger partial charge in [0.2, 0.25) is 0 Å². The molecule has 0 aliphatic heterocycles. The molecule has 1 aliphatic rings. The largest absolute Gasteiger partial charge is 0.311 e. The molecule has 0 aromatic carbocycles. The summed E-state index contributed by atoms with van der Waals surface area (Å²) >= 11 is 5.88. The van der Waals surface area contributed by atoms with Gasteiger partial charge in [0, 0.05) is 18.0 Å². The van der Waals surface area contributed by atoms with Gasteiger partial charge in [-0.15, -0.1) is 11.6 Å². The molecule has 0 radical (unpaired) electrons. The summed E-state index contributed by atoms with van der Waals surface area (Å²) in [6.07, 6.45) is 8.02. The first-order chi connectivity index (χ1) is 7.04. The van der Waals surface area contributed by atoms with Crippen LogP contribution in [0.2, 0.25) is 0 Å². The van der Waals surface area contributed by atoms with Gasteiger partial charge in [-0.05, 0) is 24.7 Å². The summed E-state index contributed by atoms with van der Waals surface area (Å²) in [6, 6.07) is 1.31. The SMILES string of the molecule is CC(C)(C)C(CCCl)NC1CCCCC1. The van der Waals surface area contributed by atoms with Gasteiger partial charge in [-0.25, -0.2) is 0 Å². The van der Waals surface area contributed by atoms with Gasteiger partial charge in [-0.2, -0.15) is 0 Å². The third-order valence-electron chi connectivity index (χ3n) is 3.49. The van der Waals surface area contributed by atoms with Gasteiger partial charge < -0.3 is 5.32 Å². The summed E-state index contributed by atoms with van der Waals surface area (Å²) < 4.78 is 0. The predicted molar refractivity (Wildman–Crippen MR) is 68.6 cm³/mol. The van der Waals surface area contributed by atoms with Crippen LogP contribution >= 0.6 is 11.6 Å². The zero-order valence-electron chi connectivity index (χ0n) is 10.5. The topological polar surface area (TPSA) is 12.0 Å². The number of nitrogens with one attached hydrogen (secondary N) is 1. The Morgan fingerprint density at radius 1 is 1.20 bits per heavy atom. The molecule has 1 saturated carbocycles. The van der Waals surface area contributed by atoms with Crippen LogP contribution in [0, 0.1) is 5.41 Å². The molecule has 0 amide bonds. The highest BCUT2D eigenvalue weighted by Gasteiger charge is 2.26. The van der Waals surface area contributed by atoms with Gasteiger partial charge in [0.15, 0.2) is 0 Å². The molecule has 1 N–H and O–H groups in total. The average Bonchev–Trinajstić information content (AvgIpc) is 2.17. The van der Waals surface area contributed by atoms with E-state index in [4.69, 9.17) is 11.6 Å². The van der Waals surface area contributed by atoms with E-state index in [1.54, 1.807) is 0 Å². The molecule has 0 spiro atoms. The molecule has 1 rings (SSSR count). The van der Waals surface area contributed by atoms with Gasteiger partial charge in [-0.1, -0.05) is 40.0 Å². The van der Waals surface area contributed by atoms with Crippen molar-refractivity contribution < 1.29 is 0 Å². The Morgan fingerprint density at radius 3 is 2.27 bits per heavy atom. The van der Waals surface area contributed by atoms with E-state index in [0.29, 0.717) is 11.5 Å². The maximum atomic E-state index is 5.88. The molecular weight excluding hydrogens is 206 g/mol. The second-order valence-corrected chi connectivity index (χ2v) is 6.28. The van der Waals surface area contributed by atoms with E-state index in [2.05, 4.69) is 26.1 Å². The quantitative estimate of drug-likeness (QED) is 0.723. The van der Waals surface area contributed by atoms with Crippen molar-refractivity contribution in [3.8, 4) is 0 Å². The highest BCUT2D eigenvalue weighted by Crippen LogP contribution is 2.25. The van der Waals surface area contributed by atoms with Crippen LogP contribution in [0.4, 0.5) is 0 Å². The second kappa shape index (κ2) is 6.10. The van der Waals surface area contributed by atoms with E-state index in [1.807, 2.05) is 0 Å². The summed E-state index contributed by atoms with van der Waals surface area (Å²) in [5.74, 6) is 0.766. The molecule has 0 saturated heterocycles. The van der Waals surface area contributed by atoms with Crippen molar-refractivity contribution in [3.63, 3.8) is 0 Å². The van der Waals surface area contributed by atoms with E-state index in [-0.39, 0.29) is 0 Å². The van der Waals surface area contributed by atoms with Crippen molar-refractivity contribution in [2.24, 2.45) is 5.41 Å². The fourth-order valence-corrected chi connectivity index (χ4v) is 2.65. The van der Waals surface area contributed by atoms with Crippen molar-refractivity contribution >= 4 is 11.6 Å². The summed E-state index contributed by atoms with van der Waals surface area (Å²) in [5, 5.41) is 3.81. The fourth-order valence-electron chi connectivity index (χ4n) is 2.43. The first kappa shape index (κ1) is 13.3. The summed E-state index contributed by atoms with van der Waals surface area (Å²) in [4.78, 5) is 0. The lowest BCUT2D eigenvalue weighted by Gasteiger charge is -2.36. The molecule has 1 nitrogen and oxygen atoms in total. The third kappa shape index (κ3) is 4.74. The average molecular weight is 232 g/mol. The summed E-state index contributed by atoms with van der Waals surface area (Å²) in [6.45, 7) is 6.92. The van der Waals surface area contributed by atoms with Crippen LogP contribution in [-0.4, -0.2) is 18.0 Å². The van der Waals surface area contributed by atoms with Crippen molar-refractivity contribution in [2.75, 3.05) is 5.88 Å². The predicted octanol–water partition coefficient (Wildman–Crippen LogP) is 3.95. The smallest absolute Gasteiger partial charge is 0.0238 e. The molecule has 0 aromatic rings. The molecule has 0 aromatic heterocycles. The standard InChI is InChI=1S/C13H26ClN/c1-13(2,3)12(9-10-14)15-11-7-5-4-6-8-11/h11-12,15H,4-10H2,1-3H3. The zero-order chi connectivity index (χ0) is 11.3. The van der Waals surface area contributed by atoms with Crippen molar-refractivity contribution in [2.45, 2.75) is 71.4 Å². The Hall–Kier alpha value is 0.250. The summed E-state index contributed by atoms with van der Waals surface area (Å²) in [7, 11) is 0. The minimum absolute atomic E-state index is 0.326. The molecule has 90 valence electrons. The van der Waals surface area contributed by atoms with Gasteiger partial charge in [0.25, 0.3) is 0 Å². The molecule has 1 atom stereocenters. The molecule has 1 unspecified atom stereocenters. The molecule has 1 aliphatic carbocycles. The van der Waals surface area contributed by atoms with E-state index in [1.165, 1.54) is 32.1 Å². The minimum atomic E-state index is 0.326. The first-order valence-corrected chi connectivity index (χ1v) is 6.89. The minimum Gasteiger partial charge on any atom is -0.311 e. The number of alkyl halides is 1. The van der Waals surface area contributed by atoms with E-state index >= 15 is 0 Å². The molecule has 2 heteroatoms. The normalized spacial score (nSPS) is 21.6. The molecule has 1 fully saturated rings. The number of halogens is 1. The van der Waals surface area contributed by atoms with Crippen molar-refractivity contribution in [1.82, 2.24) is 5.32 Å². The highest BCUT2D eigenvalue weighted by molar-refractivity contribution is 6.17. The van der Waals surface area contributed by atoms with Crippen molar-refractivity contribution in [3.05, 3.63) is 0 Å². The number of hydrogen-bond acceptors (Lipinski definition) is 1. The summed E-state index contributed by atoms with van der Waals surface area (Å²) in [5.41, 5.74) is 0.326. The highest BCUT2D eigenvalue weighted by atomic mass is 35.5. The van der Waals surface area contributed by atoms with Crippen LogP contribution in [0.5, 0.6) is 0 Å². The Morgan fingerprint density at radius 2 is 1.80 bits per heavy atom. The number of rotatable bonds is 4. The van der Waals surface area contributed by atoms with E-state index in [0.717, 1.165) is 18.3 Å². The molecular formula is C13H26ClN. The first-order valence-electron chi connectivity index (χ1n) is 6.36. The molecule has 0 heterocycles. The van der Waals surface area contributed by atoms with Crippen LogP contribution in [-0.2, 0) is 0 Å². The van der Waals surface area contributed by atoms with Gasteiger partial charge in [-0.3, -0.25) is 0 Å². The van der Waals surface area contributed by atoms with E-state index < -0.39 is 0 Å². The van der Waals surface area contributed by atoms with E-state index in [9.17, 15) is 0 Å². The third-order valence-corrected chi connectivity index (χ3v) is 3.70. The molecule has 0 bridgehead atoms. The van der Waals surface area contributed by atoms with Gasteiger partial charge >= 0.3 is 0 Å². The van der Waals surface area contributed by atoms with Crippen molar-refractivity contribution in [1.29, 1.82) is 0 Å².